The van der Waals surface area contributed by atoms with Crippen LogP contribution in [0.4, 0.5) is 11.4 Å². The van der Waals surface area contributed by atoms with Crippen molar-refractivity contribution >= 4 is 54.5 Å². The van der Waals surface area contributed by atoms with Crippen LogP contribution in [0.15, 0.2) is 127 Å². The molecule has 53 heavy (non-hydrogen) atoms. The largest absolute Gasteiger partial charge is 0.508 e. The SMILES string of the molecule is CN1c2ccc(-c3ccc4c5c(ccc4c3)OCOc3ccc4cc(O)ccc4c3-5)cc2C(C)(C)[C@@]12CNc1c(c3ccccc3c3ccccc13)O2. The van der Waals surface area contributed by atoms with Crippen molar-refractivity contribution in [2.45, 2.75) is 25.0 Å². The molecule has 3 heterocycles. The monoisotopic (exact) mass is 692 g/mol. The minimum atomic E-state index is -0.651. The van der Waals surface area contributed by atoms with Gasteiger partial charge in [0.05, 0.1) is 17.6 Å². The highest BCUT2D eigenvalue weighted by Crippen LogP contribution is 2.57. The maximum absolute atomic E-state index is 10.2. The molecule has 8 aromatic carbocycles. The van der Waals surface area contributed by atoms with E-state index in [9.17, 15) is 5.11 Å². The smallest absolute Gasteiger partial charge is 0.230 e. The van der Waals surface area contributed by atoms with Gasteiger partial charge in [-0.25, -0.2) is 0 Å². The van der Waals surface area contributed by atoms with Gasteiger partial charge in [0.15, 0.2) is 5.75 Å². The summed E-state index contributed by atoms with van der Waals surface area (Å²) in [5.41, 5.74) is 6.74. The molecule has 0 aliphatic carbocycles. The zero-order valence-corrected chi connectivity index (χ0v) is 29.7. The summed E-state index contributed by atoms with van der Waals surface area (Å²) in [4.78, 5) is 2.34. The Morgan fingerprint density at radius 3 is 1.96 bits per heavy atom. The van der Waals surface area contributed by atoms with Crippen molar-refractivity contribution < 1.29 is 19.3 Å². The van der Waals surface area contributed by atoms with Crippen LogP contribution in [-0.4, -0.2) is 31.2 Å². The first-order chi connectivity index (χ1) is 25.8. The number of phenols is 1. The van der Waals surface area contributed by atoms with Gasteiger partial charge in [0, 0.05) is 34.6 Å². The van der Waals surface area contributed by atoms with Crippen molar-refractivity contribution in [3.8, 4) is 45.3 Å². The van der Waals surface area contributed by atoms with E-state index in [2.05, 4.69) is 122 Å². The van der Waals surface area contributed by atoms with Crippen LogP contribution < -0.4 is 24.4 Å². The van der Waals surface area contributed by atoms with Crippen LogP contribution in [0.25, 0.3) is 65.3 Å². The van der Waals surface area contributed by atoms with Gasteiger partial charge in [0.1, 0.15) is 17.2 Å². The molecule has 3 aliphatic heterocycles. The van der Waals surface area contributed by atoms with Gasteiger partial charge < -0.3 is 29.5 Å². The van der Waals surface area contributed by atoms with E-state index < -0.39 is 5.72 Å². The van der Waals surface area contributed by atoms with Crippen LogP contribution in [0, 0.1) is 0 Å². The minimum absolute atomic E-state index is 0.131. The number of rotatable bonds is 1. The lowest BCUT2D eigenvalue weighted by molar-refractivity contribution is 0.0216. The van der Waals surface area contributed by atoms with Crippen molar-refractivity contribution in [3.63, 3.8) is 0 Å². The second-order valence-corrected chi connectivity index (χ2v) is 15.1. The number of phenolic OH excluding ortho intramolecular Hbond substituents is 1. The fourth-order valence-corrected chi connectivity index (χ4v) is 9.37. The van der Waals surface area contributed by atoms with E-state index in [0.29, 0.717) is 6.54 Å². The van der Waals surface area contributed by atoms with Gasteiger partial charge in [-0.2, -0.15) is 0 Å². The molecule has 11 rings (SSSR count). The van der Waals surface area contributed by atoms with Gasteiger partial charge in [-0.3, -0.25) is 0 Å². The number of fused-ring (bicyclic) bond motifs is 14. The molecule has 2 N–H and O–H groups in total. The van der Waals surface area contributed by atoms with Gasteiger partial charge in [-0.05, 0) is 111 Å². The maximum atomic E-state index is 10.2. The molecule has 0 saturated heterocycles. The second kappa shape index (κ2) is 10.6. The Morgan fingerprint density at radius 2 is 1.23 bits per heavy atom. The van der Waals surface area contributed by atoms with Crippen molar-refractivity contribution in [2.24, 2.45) is 0 Å². The number of hydrogen-bond acceptors (Lipinski definition) is 6. The van der Waals surface area contributed by atoms with Crippen molar-refractivity contribution in [3.05, 3.63) is 133 Å². The molecule has 258 valence electrons. The van der Waals surface area contributed by atoms with Gasteiger partial charge >= 0.3 is 0 Å². The highest BCUT2D eigenvalue weighted by molar-refractivity contribution is 6.17. The minimum Gasteiger partial charge on any atom is -0.508 e. The van der Waals surface area contributed by atoms with E-state index in [1.54, 1.807) is 12.1 Å². The Kier molecular flexibility index (Phi) is 6.04. The van der Waals surface area contributed by atoms with E-state index >= 15 is 0 Å². The molecule has 0 fully saturated rings. The summed E-state index contributed by atoms with van der Waals surface area (Å²) in [6, 6.07) is 44.3. The van der Waals surface area contributed by atoms with E-state index in [0.717, 1.165) is 72.1 Å². The average Bonchev–Trinajstić information content (AvgIpc) is 3.30. The third-order valence-electron chi connectivity index (χ3n) is 12.2. The van der Waals surface area contributed by atoms with Gasteiger partial charge in [-0.15, -0.1) is 0 Å². The summed E-state index contributed by atoms with van der Waals surface area (Å²) in [5, 5.41) is 22.9. The number of anilines is 2. The number of nitrogens with one attached hydrogen (secondary N) is 1. The van der Waals surface area contributed by atoms with Crippen LogP contribution in [-0.2, 0) is 5.41 Å². The number of likely N-dealkylation sites (N-methyl/N-ethyl adjacent to an activating group) is 1. The van der Waals surface area contributed by atoms with Crippen LogP contribution >= 0.6 is 0 Å². The van der Waals surface area contributed by atoms with Gasteiger partial charge in [-0.1, -0.05) is 78.9 Å². The number of ether oxygens (including phenoxy) is 3. The molecule has 6 heteroatoms. The van der Waals surface area contributed by atoms with Gasteiger partial charge in [0.25, 0.3) is 0 Å². The molecular weight excluding hydrogens is 657 g/mol. The quantitative estimate of drug-likeness (QED) is 0.167. The lowest BCUT2D eigenvalue weighted by Crippen LogP contribution is -2.64. The molecule has 6 nitrogen and oxygen atoms in total. The second-order valence-electron chi connectivity index (χ2n) is 15.1. The number of nitrogens with zero attached hydrogens (tertiary/aromatic N) is 1. The first-order valence-corrected chi connectivity index (χ1v) is 18.2. The molecular formula is C47H36N2O4. The Morgan fingerprint density at radius 1 is 0.623 bits per heavy atom. The Balaban J connectivity index is 1.02. The van der Waals surface area contributed by atoms with E-state index in [-0.39, 0.29) is 18.0 Å². The third-order valence-corrected chi connectivity index (χ3v) is 12.2. The Labute approximate surface area is 306 Å². The molecule has 1 spiro atoms. The number of aromatic hydroxyl groups is 1. The fourth-order valence-electron chi connectivity index (χ4n) is 9.37. The molecule has 0 radical (unpaired) electrons. The molecule has 0 unspecified atom stereocenters. The zero-order chi connectivity index (χ0) is 35.6. The lowest BCUT2D eigenvalue weighted by Gasteiger charge is -2.49. The Bertz CT molecular complexity index is 2880. The molecule has 0 amide bonds. The maximum Gasteiger partial charge on any atom is 0.230 e. The van der Waals surface area contributed by atoms with Crippen LogP contribution in [0.5, 0.6) is 23.0 Å². The fraction of sp³-hybridized carbons (Fsp3) is 0.149. The normalized spacial score (nSPS) is 18.1. The number of benzene rings is 8. The Hall–Kier alpha value is -6.40. The average molecular weight is 693 g/mol. The molecule has 8 aromatic rings. The topological polar surface area (TPSA) is 63.2 Å². The summed E-state index contributed by atoms with van der Waals surface area (Å²) in [7, 11) is 2.17. The van der Waals surface area contributed by atoms with Crippen LogP contribution in [0.3, 0.4) is 0 Å². The predicted octanol–water partition coefficient (Wildman–Crippen LogP) is 11.0. The van der Waals surface area contributed by atoms with Crippen LogP contribution in [0.2, 0.25) is 0 Å². The standard InChI is InChI=1S/C47H36N2O4/c1-46(2)38-24-28(13-19-39(38)49(3)47(46)25-48-44-36-10-6-4-8-34(36)35-9-5-7-11-37(35)45(44)53-47)27-12-17-32-29(22-27)14-20-40-42(32)43-33-18-16-31(50)23-30(33)15-21-41(43)52-26-51-40/h4-24,48,50H,25-26H2,1-3H3/t47-/m0/s1. The molecule has 0 aromatic heterocycles. The molecule has 0 saturated carbocycles. The highest BCUT2D eigenvalue weighted by atomic mass is 16.7. The van der Waals surface area contributed by atoms with Gasteiger partial charge in [0.2, 0.25) is 12.5 Å². The number of hydrogen-bond donors (Lipinski definition) is 2. The summed E-state index contributed by atoms with van der Waals surface area (Å²) < 4.78 is 19.6. The van der Waals surface area contributed by atoms with Crippen LogP contribution in [0.1, 0.15) is 19.4 Å². The first kappa shape index (κ1) is 30.2. The lowest BCUT2D eigenvalue weighted by atomic mass is 9.76. The van der Waals surface area contributed by atoms with Crippen molar-refractivity contribution in [1.82, 2.24) is 0 Å². The third kappa shape index (κ3) is 4.03. The van der Waals surface area contributed by atoms with Crippen molar-refractivity contribution in [1.29, 1.82) is 0 Å². The summed E-state index contributed by atoms with van der Waals surface area (Å²) >= 11 is 0. The van der Waals surface area contributed by atoms with E-state index in [1.807, 2.05) is 24.3 Å². The summed E-state index contributed by atoms with van der Waals surface area (Å²) in [6.45, 7) is 5.40. The summed E-state index contributed by atoms with van der Waals surface area (Å²) in [5.74, 6) is 2.69. The molecule has 1 atom stereocenters. The van der Waals surface area contributed by atoms with E-state index in [4.69, 9.17) is 14.2 Å². The molecule has 3 aliphatic rings. The van der Waals surface area contributed by atoms with Crippen molar-refractivity contribution in [2.75, 3.05) is 30.6 Å². The first-order valence-electron chi connectivity index (χ1n) is 18.2. The predicted molar refractivity (Wildman–Crippen MR) is 215 cm³/mol. The molecule has 0 bridgehead atoms. The zero-order valence-electron chi connectivity index (χ0n) is 29.7. The highest BCUT2D eigenvalue weighted by Gasteiger charge is 2.59. The van der Waals surface area contributed by atoms with E-state index in [1.165, 1.54) is 27.4 Å². The summed E-state index contributed by atoms with van der Waals surface area (Å²) in [6.07, 6.45) is 0.